The number of rotatable bonds is 9. The zero-order valence-electron chi connectivity index (χ0n) is 15.8. The van der Waals surface area contributed by atoms with Crippen molar-refractivity contribution in [2.75, 3.05) is 5.75 Å². The van der Waals surface area contributed by atoms with Crippen molar-refractivity contribution in [1.82, 2.24) is 4.98 Å². The number of pyridine rings is 1. The summed E-state index contributed by atoms with van der Waals surface area (Å²) in [6.45, 7) is 5.30. The zero-order chi connectivity index (χ0) is 18.8. The number of hydrogen-bond donors (Lipinski definition) is 0. The molecule has 2 aliphatic rings. The predicted molar refractivity (Wildman–Crippen MR) is 106 cm³/mol. The summed E-state index contributed by atoms with van der Waals surface area (Å²) in [7, 11) is 0. The van der Waals surface area contributed by atoms with Crippen molar-refractivity contribution in [3.05, 3.63) is 52.7 Å². The molecule has 142 valence electrons. The molecule has 0 bridgehead atoms. The highest BCUT2D eigenvalue weighted by Crippen LogP contribution is 2.45. The topological polar surface area (TPSA) is 48.4 Å². The Morgan fingerprint density at radius 3 is 2.85 bits per heavy atom. The quantitative estimate of drug-likeness (QED) is 0.459. The van der Waals surface area contributed by atoms with E-state index in [-0.39, 0.29) is 6.10 Å². The molecule has 0 saturated heterocycles. The van der Waals surface area contributed by atoms with Gasteiger partial charge in [-0.25, -0.2) is 4.98 Å². The number of thioether (sulfide) groups is 1. The average Bonchev–Trinajstić information content (AvgIpc) is 3.59. The van der Waals surface area contributed by atoms with Gasteiger partial charge in [0.25, 0.3) is 6.47 Å². The van der Waals surface area contributed by atoms with Crippen molar-refractivity contribution >= 4 is 18.2 Å². The van der Waals surface area contributed by atoms with E-state index in [4.69, 9.17) is 9.47 Å². The number of ether oxygens (including phenoxy) is 2. The average molecular weight is 384 g/mol. The lowest BCUT2D eigenvalue weighted by molar-refractivity contribution is -0.129. The third-order valence-electron chi connectivity index (χ3n) is 5.53. The fourth-order valence-corrected chi connectivity index (χ4v) is 4.57. The SMILES string of the molecule is Cc1c(OCc2cccnc2SCC2CC2)ccc(C2CC2OC=O)c1C. The zero-order valence-corrected chi connectivity index (χ0v) is 16.6. The smallest absolute Gasteiger partial charge is 0.293 e. The van der Waals surface area contributed by atoms with Gasteiger partial charge in [0.15, 0.2) is 0 Å². The van der Waals surface area contributed by atoms with Gasteiger partial charge in [-0.2, -0.15) is 0 Å². The molecule has 2 aliphatic carbocycles. The van der Waals surface area contributed by atoms with Crippen molar-refractivity contribution < 1.29 is 14.3 Å². The second-order valence-corrected chi connectivity index (χ2v) is 8.54. The molecule has 0 radical (unpaired) electrons. The Bertz CT molecular complexity index is 834. The van der Waals surface area contributed by atoms with E-state index < -0.39 is 0 Å². The van der Waals surface area contributed by atoms with E-state index in [2.05, 4.69) is 31.0 Å². The van der Waals surface area contributed by atoms with Crippen LogP contribution in [0.4, 0.5) is 0 Å². The molecule has 0 spiro atoms. The van der Waals surface area contributed by atoms with Gasteiger partial charge in [-0.15, -0.1) is 11.8 Å². The van der Waals surface area contributed by atoms with Crippen molar-refractivity contribution in [2.24, 2.45) is 5.92 Å². The maximum atomic E-state index is 10.5. The fraction of sp³-hybridized carbons (Fsp3) is 0.455. The van der Waals surface area contributed by atoms with Gasteiger partial charge in [-0.1, -0.05) is 12.1 Å². The molecule has 0 N–H and O–H groups in total. The summed E-state index contributed by atoms with van der Waals surface area (Å²) in [6, 6.07) is 8.23. The standard InChI is InChI=1S/C22H25NO3S/c1-14-15(2)20(8-7-18(14)19-10-21(19)26-13-24)25-11-17-4-3-9-23-22(17)27-12-16-5-6-16/h3-4,7-9,13,16,19,21H,5-6,10-12H2,1-2H3. The maximum absolute atomic E-state index is 10.5. The Morgan fingerprint density at radius 2 is 2.07 bits per heavy atom. The minimum Gasteiger partial charge on any atom is -0.489 e. The van der Waals surface area contributed by atoms with Crippen molar-refractivity contribution in [2.45, 2.75) is 56.8 Å². The number of aromatic nitrogens is 1. The number of nitrogens with zero attached hydrogens (tertiary/aromatic N) is 1. The van der Waals surface area contributed by atoms with Crippen LogP contribution < -0.4 is 4.74 Å². The molecule has 2 unspecified atom stereocenters. The lowest BCUT2D eigenvalue weighted by Crippen LogP contribution is -2.03. The normalized spacial score (nSPS) is 21.0. The summed E-state index contributed by atoms with van der Waals surface area (Å²) in [6.07, 6.45) is 5.52. The van der Waals surface area contributed by atoms with E-state index in [0.717, 1.165) is 40.0 Å². The number of carbonyl (C=O) groups excluding carboxylic acids is 1. The van der Waals surface area contributed by atoms with Crippen LogP contribution >= 0.6 is 11.8 Å². The molecule has 27 heavy (non-hydrogen) atoms. The molecule has 1 heterocycles. The van der Waals surface area contributed by atoms with Gasteiger partial charge < -0.3 is 9.47 Å². The highest BCUT2D eigenvalue weighted by molar-refractivity contribution is 7.99. The van der Waals surface area contributed by atoms with Crippen LogP contribution in [0.2, 0.25) is 0 Å². The van der Waals surface area contributed by atoms with Gasteiger partial charge in [-0.05, 0) is 67.9 Å². The summed E-state index contributed by atoms with van der Waals surface area (Å²) in [5.74, 6) is 3.26. The Kier molecular flexibility index (Phi) is 5.39. The third kappa shape index (κ3) is 4.29. The highest BCUT2D eigenvalue weighted by Gasteiger charge is 2.41. The molecule has 4 rings (SSSR count). The van der Waals surface area contributed by atoms with E-state index in [9.17, 15) is 4.79 Å². The Hall–Kier alpha value is -2.01. The molecule has 1 aromatic carbocycles. The van der Waals surface area contributed by atoms with Gasteiger partial charge in [0.1, 0.15) is 23.5 Å². The fourth-order valence-electron chi connectivity index (χ4n) is 3.40. The number of hydrogen-bond acceptors (Lipinski definition) is 5. The van der Waals surface area contributed by atoms with Gasteiger partial charge in [0.2, 0.25) is 0 Å². The van der Waals surface area contributed by atoms with Crippen molar-refractivity contribution in [1.29, 1.82) is 0 Å². The Labute approximate surface area is 164 Å². The molecule has 0 aliphatic heterocycles. The van der Waals surface area contributed by atoms with Gasteiger partial charge in [0.05, 0.1) is 0 Å². The monoisotopic (exact) mass is 383 g/mol. The molecule has 2 saturated carbocycles. The van der Waals surface area contributed by atoms with Crippen LogP contribution in [0.3, 0.4) is 0 Å². The molecular weight excluding hydrogens is 358 g/mol. The Morgan fingerprint density at radius 1 is 1.22 bits per heavy atom. The summed E-state index contributed by atoms with van der Waals surface area (Å²) in [5.41, 5.74) is 4.78. The molecule has 5 heteroatoms. The molecule has 2 atom stereocenters. The minimum absolute atomic E-state index is 0.0359. The number of benzene rings is 1. The first-order valence-corrected chi connectivity index (χ1v) is 10.5. The summed E-state index contributed by atoms with van der Waals surface area (Å²) in [5, 5.41) is 1.09. The van der Waals surface area contributed by atoms with Gasteiger partial charge in [0, 0.05) is 23.4 Å². The largest absolute Gasteiger partial charge is 0.489 e. The van der Waals surface area contributed by atoms with Crippen LogP contribution in [-0.2, 0) is 16.1 Å². The van der Waals surface area contributed by atoms with E-state index in [1.54, 1.807) is 0 Å². The summed E-state index contributed by atoms with van der Waals surface area (Å²) < 4.78 is 11.2. The molecule has 4 nitrogen and oxygen atoms in total. The second-order valence-electron chi connectivity index (χ2n) is 7.53. The van der Waals surface area contributed by atoms with Crippen LogP contribution in [0.5, 0.6) is 5.75 Å². The predicted octanol–water partition coefficient (Wildman–Crippen LogP) is 4.81. The van der Waals surface area contributed by atoms with E-state index in [1.807, 2.05) is 30.1 Å². The van der Waals surface area contributed by atoms with E-state index >= 15 is 0 Å². The van der Waals surface area contributed by atoms with Crippen LogP contribution in [0.1, 0.15) is 47.4 Å². The first-order chi connectivity index (χ1) is 13.2. The second kappa shape index (κ2) is 7.93. The van der Waals surface area contributed by atoms with Crippen LogP contribution in [0, 0.1) is 19.8 Å². The lowest BCUT2D eigenvalue weighted by Gasteiger charge is -2.15. The maximum Gasteiger partial charge on any atom is 0.293 e. The molecule has 0 amide bonds. The third-order valence-corrected chi connectivity index (χ3v) is 6.81. The summed E-state index contributed by atoms with van der Waals surface area (Å²) >= 11 is 1.85. The molecule has 2 aromatic rings. The van der Waals surface area contributed by atoms with E-state index in [0.29, 0.717) is 19.0 Å². The van der Waals surface area contributed by atoms with Crippen molar-refractivity contribution in [3.8, 4) is 5.75 Å². The van der Waals surface area contributed by atoms with Gasteiger partial charge in [-0.3, -0.25) is 4.79 Å². The first kappa shape index (κ1) is 18.4. The van der Waals surface area contributed by atoms with E-state index in [1.165, 1.54) is 24.0 Å². The number of carbonyl (C=O) groups is 1. The molecule has 1 aromatic heterocycles. The van der Waals surface area contributed by atoms with Crippen LogP contribution in [0.15, 0.2) is 35.5 Å². The first-order valence-electron chi connectivity index (χ1n) is 9.56. The van der Waals surface area contributed by atoms with Crippen LogP contribution in [0.25, 0.3) is 0 Å². The minimum atomic E-state index is 0.0359. The highest BCUT2D eigenvalue weighted by atomic mass is 32.2. The van der Waals surface area contributed by atoms with Gasteiger partial charge >= 0.3 is 0 Å². The Balaban J connectivity index is 1.43. The summed E-state index contributed by atoms with van der Waals surface area (Å²) in [4.78, 5) is 15.1. The van der Waals surface area contributed by atoms with Crippen LogP contribution in [-0.4, -0.2) is 23.3 Å². The lowest BCUT2D eigenvalue weighted by atomic mass is 9.99. The molecular formula is C22H25NO3S. The molecule has 2 fully saturated rings. The van der Waals surface area contributed by atoms with Crippen molar-refractivity contribution in [3.63, 3.8) is 0 Å².